The van der Waals surface area contributed by atoms with Gasteiger partial charge in [0.1, 0.15) is 5.82 Å². The monoisotopic (exact) mass is 1170 g/mol. The molecule has 2 aliphatic rings. The van der Waals surface area contributed by atoms with Gasteiger partial charge in [0.25, 0.3) is 0 Å². The molecule has 14 rings (SSSR count). The molecule has 2 aliphatic carbocycles. The zero-order valence-electron chi connectivity index (χ0n) is 46.3. The molecule has 12 nitrogen and oxygen atoms in total. The normalized spacial score (nSPS) is 12.4. The third-order valence-corrected chi connectivity index (χ3v) is 15.4. The summed E-state index contributed by atoms with van der Waals surface area (Å²) in [6.45, 7) is 1.87. The number of hydrogen-bond donors (Lipinski definition) is 6. The Kier molecular flexibility index (Phi) is 16.8. The zero-order valence-corrected chi connectivity index (χ0v) is 48.6. The van der Waals surface area contributed by atoms with Crippen LogP contribution in [0.1, 0.15) is 50.3 Å². The largest absolute Gasteiger partial charge is 0.399 e. The molecule has 9 N–H and O–H groups in total. The fraction of sp³-hybridized carbons (Fsp3) is 0.0571. The van der Waals surface area contributed by atoms with Crippen molar-refractivity contribution in [3.05, 3.63) is 321 Å². The van der Waals surface area contributed by atoms with Crippen LogP contribution in [0.3, 0.4) is 0 Å². The summed E-state index contributed by atoms with van der Waals surface area (Å²) in [7, 11) is 1.95. The lowest BCUT2D eigenvalue weighted by Crippen LogP contribution is -2.28. The Morgan fingerprint density at radius 2 is 0.588 bits per heavy atom. The number of nitrogen functional groups attached to an aromatic ring is 3. The summed E-state index contributed by atoms with van der Waals surface area (Å²) in [5.41, 5.74) is 36.9. The zero-order chi connectivity index (χ0) is 58.9. The first-order valence-electron chi connectivity index (χ1n) is 27.3. The minimum absolute atomic E-state index is 0.000000000000000444. The number of hydrogen-bond acceptors (Lipinski definition) is 12. The van der Waals surface area contributed by atoms with Crippen molar-refractivity contribution in [3.63, 3.8) is 0 Å². The van der Waals surface area contributed by atoms with Gasteiger partial charge >= 0.3 is 0 Å². The number of nitrogens with zero attached hydrogens (tertiary/aromatic N) is 6. The van der Waals surface area contributed by atoms with Crippen LogP contribution in [0.15, 0.2) is 255 Å². The van der Waals surface area contributed by atoms with Crippen LogP contribution >= 0.6 is 34.8 Å². The maximum absolute atomic E-state index is 6.00. The van der Waals surface area contributed by atoms with Gasteiger partial charge in [-0.25, -0.2) is 0 Å². The Bertz CT molecular complexity index is 4060. The molecule has 0 unspecified atom stereocenters. The molecule has 0 amide bonds. The van der Waals surface area contributed by atoms with E-state index in [1.165, 1.54) is 66.8 Å². The number of para-hydroxylation sites is 2. The van der Waals surface area contributed by atoms with Crippen molar-refractivity contribution in [2.24, 2.45) is 0 Å². The van der Waals surface area contributed by atoms with E-state index in [-0.39, 0.29) is 21.3 Å². The average molecular weight is 1170 g/mol. The summed E-state index contributed by atoms with van der Waals surface area (Å²) < 4.78 is 0. The molecule has 85 heavy (non-hydrogen) atoms. The fourth-order valence-electron chi connectivity index (χ4n) is 11.3. The molecule has 0 bridgehead atoms. The molecule has 10 aromatic carbocycles. The van der Waals surface area contributed by atoms with Crippen LogP contribution in [0.25, 0.3) is 22.3 Å². The number of fused-ring (bicyclic) bond motifs is 6. The Hall–Kier alpha value is -10.1. The lowest BCUT2D eigenvalue weighted by molar-refractivity contribution is 0.769. The summed E-state index contributed by atoms with van der Waals surface area (Å²) in [5.74, 6) is 1.62. The van der Waals surface area contributed by atoms with Crippen molar-refractivity contribution in [2.45, 2.75) is 17.8 Å². The Balaban J connectivity index is 0.000000147. The lowest BCUT2D eigenvalue weighted by Gasteiger charge is -2.34. The van der Waals surface area contributed by atoms with E-state index in [9.17, 15) is 0 Å². The first kappa shape index (κ1) is 56.7. The highest BCUT2D eigenvalue weighted by molar-refractivity contribution is 6.33. The van der Waals surface area contributed by atoms with Gasteiger partial charge < -0.3 is 33.2 Å². The van der Waals surface area contributed by atoms with Crippen LogP contribution in [0.4, 0.5) is 46.0 Å². The Morgan fingerprint density at radius 3 is 0.918 bits per heavy atom. The van der Waals surface area contributed by atoms with Crippen molar-refractivity contribution in [2.75, 3.05) is 40.2 Å². The van der Waals surface area contributed by atoms with Gasteiger partial charge in [-0.05, 0) is 181 Å². The molecule has 0 saturated carbocycles. The summed E-state index contributed by atoms with van der Waals surface area (Å²) in [6, 6.07) is 88.2. The summed E-state index contributed by atoms with van der Waals surface area (Å²) in [6.07, 6.45) is 0. The number of aryl methyl sites for hydroxylation is 1. The molecule has 0 saturated heterocycles. The van der Waals surface area contributed by atoms with Crippen molar-refractivity contribution in [1.29, 1.82) is 0 Å². The van der Waals surface area contributed by atoms with Crippen LogP contribution in [-0.4, -0.2) is 37.0 Å². The van der Waals surface area contributed by atoms with Gasteiger partial charge in [-0.15, -0.1) is 0 Å². The predicted molar refractivity (Wildman–Crippen MR) is 349 cm³/mol. The van der Waals surface area contributed by atoms with Gasteiger partial charge in [-0.2, -0.15) is 29.9 Å². The molecular formula is C70H57Cl3N12. The predicted octanol–water partition coefficient (Wildman–Crippen LogP) is 16.4. The third-order valence-electron chi connectivity index (χ3n) is 14.9. The highest BCUT2D eigenvalue weighted by atomic mass is 35.5. The van der Waals surface area contributed by atoms with E-state index in [2.05, 4.69) is 216 Å². The molecule has 418 valence electrons. The van der Waals surface area contributed by atoms with Gasteiger partial charge in [0.05, 0.1) is 10.8 Å². The second-order valence-corrected chi connectivity index (χ2v) is 21.0. The van der Waals surface area contributed by atoms with E-state index in [4.69, 9.17) is 52.0 Å². The number of anilines is 8. The van der Waals surface area contributed by atoms with Crippen LogP contribution in [-0.2, 0) is 10.8 Å². The first-order valence-corrected chi connectivity index (χ1v) is 28.4. The van der Waals surface area contributed by atoms with Gasteiger partial charge in [0.2, 0.25) is 27.7 Å². The van der Waals surface area contributed by atoms with Crippen LogP contribution in [0, 0.1) is 6.92 Å². The highest BCUT2D eigenvalue weighted by Gasteiger charge is 2.47. The molecule has 0 spiro atoms. The van der Waals surface area contributed by atoms with E-state index in [0.717, 1.165) is 34.1 Å². The molecule has 2 heterocycles. The second kappa shape index (κ2) is 25.2. The number of nitrogens with one attached hydrogen (secondary N) is 3. The maximum atomic E-state index is 6.00. The molecular weight excluding hydrogens is 1120 g/mol. The first-order chi connectivity index (χ1) is 41.4. The number of halogens is 3. The number of nitrogens with two attached hydrogens (primary N) is 3. The van der Waals surface area contributed by atoms with Crippen LogP contribution in [0.5, 0.6) is 0 Å². The van der Waals surface area contributed by atoms with Crippen molar-refractivity contribution >= 4 is 80.8 Å². The SMILES string of the molecule is CNc1ccc(C2(c3ccc(Nc4nc(C)nc(Nc5ccccc5)n4)cc3)c3ccccc3-c3ccccc32)cc1.Clc1nc(Cl)nc(Cl)n1.Nc1ccc(C2(c3ccc(N)cc3)c3ccccc3-c3ccccc32)cc1.Nc1ccccc1. The standard InChI is InChI=1S/C36H30N6.C25H20N2.C6H7N.C3Cl3N3/c1-24-38-34(40-28-10-4-3-5-11-28)42-35(39-24)41-29-22-18-26(19-23-29)36(25-16-20-27(37-2)21-17-25)32-14-8-6-12-30(32)31-13-7-9-15-33(31)36;26-19-13-9-17(10-14-19)25(18-11-15-20(27)16-12-18)23-7-3-1-5-21(23)22-6-2-4-8-24(22)25;7-6-4-2-1-3-5-6;4-1-7-2(5)9-3(6)8-1/h3-23,37H,1-2H3,(H2,38,39,40,41,42);1-16H,26-27H2;1-5H,7H2;. The third kappa shape index (κ3) is 11.8. The highest BCUT2D eigenvalue weighted by Crippen LogP contribution is 2.57. The number of rotatable bonds is 9. The second-order valence-electron chi connectivity index (χ2n) is 20.0. The number of benzene rings is 10. The van der Waals surface area contributed by atoms with E-state index in [1.807, 2.05) is 98.9 Å². The van der Waals surface area contributed by atoms with Crippen molar-refractivity contribution < 1.29 is 0 Å². The lowest BCUT2D eigenvalue weighted by atomic mass is 9.67. The van der Waals surface area contributed by atoms with Gasteiger partial charge in [-0.1, -0.05) is 182 Å². The van der Waals surface area contributed by atoms with Gasteiger partial charge in [0.15, 0.2) is 0 Å². The van der Waals surface area contributed by atoms with Crippen molar-refractivity contribution in [3.8, 4) is 22.3 Å². The van der Waals surface area contributed by atoms with E-state index in [0.29, 0.717) is 17.7 Å². The van der Waals surface area contributed by atoms with E-state index in [1.54, 1.807) is 0 Å². The molecule has 12 aromatic rings. The summed E-state index contributed by atoms with van der Waals surface area (Å²) >= 11 is 16.0. The fourth-order valence-corrected chi connectivity index (χ4v) is 11.9. The summed E-state index contributed by atoms with van der Waals surface area (Å²) in [5, 5.41) is 9.90. The molecule has 0 fully saturated rings. The number of aromatic nitrogens is 6. The molecule has 2 aromatic heterocycles. The average Bonchev–Trinajstić information content (AvgIpc) is 1.61. The van der Waals surface area contributed by atoms with Crippen molar-refractivity contribution in [1.82, 2.24) is 29.9 Å². The summed E-state index contributed by atoms with van der Waals surface area (Å²) in [4.78, 5) is 24.0. The molecule has 0 atom stereocenters. The Labute approximate surface area is 508 Å². The molecule has 0 aliphatic heterocycles. The van der Waals surface area contributed by atoms with Gasteiger partial charge in [-0.3, -0.25) is 0 Å². The van der Waals surface area contributed by atoms with Crippen LogP contribution in [0.2, 0.25) is 15.9 Å². The quantitative estimate of drug-likeness (QED) is 0.0751. The minimum atomic E-state index is -0.450. The molecule has 0 radical (unpaired) electrons. The van der Waals surface area contributed by atoms with E-state index < -0.39 is 5.41 Å². The van der Waals surface area contributed by atoms with E-state index >= 15 is 0 Å². The minimum Gasteiger partial charge on any atom is -0.399 e. The Morgan fingerprint density at radius 1 is 0.306 bits per heavy atom. The van der Waals surface area contributed by atoms with Gasteiger partial charge in [0, 0.05) is 41.2 Å². The topological polar surface area (TPSA) is 191 Å². The maximum Gasteiger partial charge on any atom is 0.232 e. The smallest absolute Gasteiger partial charge is 0.232 e. The molecule has 15 heteroatoms. The van der Waals surface area contributed by atoms with Crippen LogP contribution < -0.4 is 33.2 Å².